The molecule has 0 radical (unpaired) electrons. The maximum absolute atomic E-state index is 11.7. The predicted octanol–water partition coefficient (Wildman–Crippen LogP) is 3.46. The Morgan fingerprint density at radius 2 is 1.78 bits per heavy atom. The average Bonchev–Trinajstić information content (AvgIpc) is 2.65. The van der Waals surface area contributed by atoms with Gasteiger partial charge in [0.25, 0.3) is 11.4 Å². The van der Waals surface area contributed by atoms with Crippen molar-refractivity contribution in [2.75, 3.05) is 18.1 Å². The smallest absolute Gasteiger partial charge is 0.307 e. The summed E-state index contributed by atoms with van der Waals surface area (Å²) in [6.07, 6.45) is 0.0365. The molecule has 0 aliphatic rings. The molecule has 0 unspecified atom stereocenters. The number of nitro groups is 2. The molecule has 0 N–H and O–H groups in total. The highest BCUT2D eigenvalue weighted by Gasteiger charge is 2.24. The number of hydrogen-bond donors (Lipinski definition) is 0. The first-order valence-corrected chi connectivity index (χ1v) is 8.29. The van der Waals surface area contributed by atoms with Gasteiger partial charge in [-0.25, -0.2) is 0 Å². The molecule has 0 saturated heterocycles. The van der Waals surface area contributed by atoms with Crippen molar-refractivity contribution < 1.29 is 19.4 Å². The average molecular weight is 373 g/mol. The van der Waals surface area contributed by atoms with Gasteiger partial charge in [-0.05, 0) is 18.6 Å². The normalized spacial score (nSPS) is 10.3. The number of ether oxygens (including phenoxy) is 1. The quantitative estimate of drug-likeness (QED) is 0.375. The van der Waals surface area contributed by atoms with Crippen molar-refractivity contribution in [1.82, 2.24) is 0 Å². The number of non-ortho nitro benzene ring substituents is 1. The highest BCUT2D eigenvalue weighted by atomic mass is 16.6. The lowest BCUT2D eigenvalue weighted by Gasteiger charge is -2.24. The number of anilines is 1. The van der Waals surface area contributed by atoms with Crippen molar-refractivity contribution >= 4 is 23.0 Å². The summed E-state index contributed by atoms with van der Waals surface area (Å²) in [7, 11) is 0. The van der Waals surface area contributed by atoms with Gasteiger partial charge in [-0.3, -0.25) is 25.0 Å². The SMILES string of the molecule is CCOC(=O)CCN(Cc1ccccc1)c1ccc([N+](=O)[O-])cc1[N+](=O)[O-]. The van der Waals surface area contributed by atoms with Gasteiger partial charge in [-0.15, -0.1) is 0 Å². The van der Waals surface area contributed by atoms with E-state index in [1.165, 1.54) is 12.1 Å². The second-order valence-electron chi connectivity index (χ2n) is 5.65. The molecule has 0 atom stereocenters. The van der Waals surface area contributed by atoms with E-state index in [0.717, 1.165) is 11.6 Å². The van der Waals surface area contributed by atoms with E-state index in [1.807, 2.05) is 30.3 Å². The fraction of sp³-hybridized carbons (Fsp3) is 0.278. The van der Waals surface area contributed by atoms with E-state index < -0.39 is 15.8 Å². The minimum atomic E-state index is -0.684. The number of carbonyl (C=O) groups excluding carboxylic acids is 1. The molecule has 0 bridgehead atoms. The molecule has 9 nitrogen and oxygen atoms in total. The summed E-state index contributed by atoms with van der Waals surface area (Å²) in [6, 6.07) is 12.7. The van der Waals surface area contributed by atoms with E-state index in [0.29, 0.717) is 6.54 Å². The van der Waals surface area contributed by atoms with Gasteiger partial charge in [0.1, 0.15) is 5.69 Å². The van der Waals surface area contributed by atoms with Crippen molar-refractivity contribution in [3.63, 3.8) is 0 Å². The summed E-state index contributed by atoms with van der Waals surface area (Å²) in [4.78, 5) is 34.4. The third-order valence-corrected chi connectivity index (χ3v) is 3.81. The van der Waals surface area contributed by atoms with Crippen LogP contribution in [-0.2, 0) is 16.1 Å². The molecule has 0 fully saturated rings. The van der Waals surface area contributed by atoms with Gasteiger partial charge < -0.3 is 9.64 Å². The monoisotopic (exact) mass is 373 g/mol. The predicted molar refractivity (Wildman–Crippen MR) is 98.5 cm³/mol. The highest BCUT2D eigenvalue weighted by molar-refractivity contribution is 5.72. The molecule has 0 aliphatic heterocycles. The third-order valence-electron chi connectivity index (χ3n) is 3.81. The van der Waals surface area contributed by atoms with E-state index in [1.54, 1.807) is 11.8 Å². The van der Waals surface area contributed by atoms with Gasteiger partial charge in [-0.2, -0.15) is 0 Å². The number of carbonyl (C=O) groups is 1. The van der Waals surface area contributed by atoms with Gasteiger partial charge >= 0.3 is 5.97 Å². The molecule has 0 saturated carbocycles. The zero-order valence-electron chi connectivity index (χ0n) is 14.7. The standard InChI is InChI=1S/C18H19N3O6/c1-2-27-18(22)10-11-19(13-14-6-4-3-5-7-14)16-9-8-15(20(23)24)12-17(16)21(25)26/h3-9,12H,2,10-11,13H2,1H3. The number of nitro benzene ring substituents is 2. The molecule has 0 heterocycles. The molecule has 0 aromatic heterocycles. The number of nitrogens with zero attached hydrogens (tertiary/aromatic N) is 3. The van der Waals surface area contributed by atoms with Crippen molar-refractivity contribution in [2.24, 2.45) is 0 Å². The first-order chi connectivity index (χ1) is 12.9. The molecule has 2 aromatic rings. The molecule has 142 valence electrons. The lowest BCUT2D eigenvalue weighted by molar-refractivity contribution is -0.393. The van der Waals surface area contributed by atoms with Gasteiger partial charge in [0.05, 0.1) is 28.9 Å². The Morgan fingerprint density at radius 3 is 2.37 bits per heavy atom. The van der Waals surface area contributed by atoms with Gasteiger partial charge in [0.15, 0.2) is 0 Å². The zero-order chi connectivity index (χ0) is 19.8. The lowest BCUT2D eigenvalue weighted by atomic mass is 10.1. The Hall–Kier alpha value is -3.49. The third kappa shape index (κ3) is 5.50. The first-order valence-electron chi connectivity index (χ1n) is 8.29. The Labute approximate surface area is 155 Å². The Balaban J connectivity index is 2.37. The van der Waals surface area contributed by atoms with Crippen LogP contribution >= 0.6 is 0 Å². The van der Waals surface area contributed by atoms with Gasteiger partial charge in [0.2, 0.25) is 0 Å². The van der Waals surface area contributed by atoms with E-state index in [4.69, 9.17) is 4.74 Å². The fourth-order valence-corrected chi connectivity index (χ4v) is 2.59. The minimum absolute atomic E-state index is 0.0365. The second kappa shape index (κ2) is 9.27. The van der Waals surface area contributed by atoms with Crippen LogP contribution in [0, 0.1) is 20.2 Å². The van der Waals surface area contributed by atoms with Crippen molar-refractivity contribution in [1.29, 1.82) is 0 Å². The molecule has 2 aromatic carbocycles. The van der Waals surface area contributed by atoms with E-state index in [9.17, 15) is 25.0 Å². The van der Waals surface area contributed by atoms with Crippen LogP contribution in [0.2, 0.25) is 0 Å². The second-order valence-corrected chi connectivity index (χ2v) is 5.65. The van der Waals surface area contributed by atoms with E-state index in [2.05, 4.69) is 0 Å². The molecule has 2 rings (SSSR count). The van der Waals surface area contributed by atoms with Crippen molar-refractivity contribution in [3.8, 4) is 0 Å². The maximum atomic E-state index is 11.7. The summed E-state index contributed by atoms with van der Waals surface area (Å²) < 4.78 is 4.92. The van der Waals surface area contributed by atoms with Crippen LogP contribution in [0.4, 0.5) is 17.1 Å². The maximum Gasteiger partial charge on any atom is 0.307 e. The summed E-state index contributed by atoms with van der Waals surface area (Å²) in [6.45, 7) is 2.42. The summed E-state index contributed by atoms with van der Waals surface area (Å²) in [5, 5.41) is 22.4. The molecule has 0 spiro atoms. The number of benzene rings is 2. The van der Waals surface area contributed by atoms with E-state index in [-0.39, 0.29) is 36.6 Å². The number of hydrogen-bond acceptors (Lipinski definition) is 7. The first kappa shape index (κ1) is 19.8. The molecule has 9 heteroatoms. The molecule has 27 heavy (non-hydrogen) atoms. The Morgan fingerprint density at radius 1 is 1.07 bits per heavy atom. The lowest BCUT2D eigenvalue weighted by Crippen LogP contribution is -2.27. The van der Waals surface area contributed by atoms with Crippen LogP contribution in [-0.4, -0.2) is 29.0 Å². The van der Waals surface area contributed by atoms with Crippen LogP contribution in [0.15, 0.2) is 48.5 Å². The van der Waals surface area contributed by atoms with Gasteiger partial charge in [-0.1, -0.05) is 30.3 Å². The van der Waals surface area contributed by atoms with Crippen molar-refractivity contribution in [2.45, 2.75) is 19.9 Å². The Bertz CT molecular complexity index is 825. The van der Waals surface area contributed by atoms with Gasteiger partial charge in [0, 0.05) is 19.2 Å². The minimum Gasteiger partial charge on any atom is -0.466 e. The fourth-order valence-electron chi connectivity index (χ4n) is 2.59. The molecule has 0 aliphatic carbocycles. The number of rotatable bonds is 9. The topological polar surface area (TPSA) is 116 Å². The van der Waals surface area contributed by atoms with Crippen molar-refractivity contribution in [3.05, 3.63) is 74.3 Å². The summed E-state index contributed by atoms with van der Waals surface area (Å²) in [5.74, 6) is -0.417. The summed E-state index contributed by atoms with van der Waals surface area (Å²) >= 11 is 0. The highest BCUT2D eigenvalue weighted by Crippen LogP contribution is 2.33. The van der Waals surface area contributed by atoms with Crippen LogP contribution in [0.5, 0.6) is 0 Å². The zero-order valence-corrected chi connectivity index (χ0v) is 14.7. The Kier molecular flexibility index (Phi) is 6.81. The molecular formula is C18H19N3O6. The largest absolute Gasteiger partial charge is 0.466 e. The summed E-state index contributed by atoms with van der Waals surface area (Å²) in [5.41, 5.74) is 0.340. The molecular weight excluding hydrogens is 354 g/mol. The molecule has 0 amide bonds. The van der Waals surface area contributed by atoms with Crippen LogP contribution in [0.1, 0.15) is 18.9 Å². The van der Waals surface area contributed by atoms with Crippen LogP contribution < -0.4 is 4.90 Å². The van der Waals surface area contributed by atoms with Crippen LogP contribution in [0.25, 0.3) is 0 Å². The number of esters is 1. The van der Waals surface area contributed by atoms with E-state index >= 15 is 0 Å². The van der Waals surface area contributed by atoms with Crippen LogP contribution in [0.3, 0.4) is 0 Å².